The van der Waals surface area contributed by atoms with Crippen LogP contribution in [0.15, 0.2) is 65.9 Å². The fourth-order valence-corrected chi connectivity index (χ4v) is 8.50. The molecule has 0 radical (unpaired) electrons. The van der Waals surface area contributed by atoms with Crippen molar-refractivity contribution in [2.75, 3.05) is 14.1 Å². The van der Waals surface area contributed by atoms with Crippen molar-refractivity contribution in [3.05, 3.63) is 71.5 Å². The maximum absolute atomic E-state index is 11.2. The van der Waals surface area contributed by atoms with Gasteiger partial charge in [-0.1, -0.05) is 44.2 Å². The number of hydrogen-bond donors (Lipinski definition) is 2. The van der Waals surface area contributed by atoms with Crippen LogP contribution in [-0.4, -0.2) is 63.6 Å². The third-order valence-electron chi connectivity index (χ3n) is 10.6. The quantitative estimate of drug-likeness (QED) is 0.657. The summed E-state index contributed by atoms with van der Waals surface area (Å²) < 4.78 is 7.28. The van der Waals surface area contributed by atoms with Crippen molar-refractivity contribution in [1.29, 1.82) is 0 Å². The van der Waals surface area contributed by atoms with Gasteiger partial charge in [0.15, 0.2) is 0 Å². The van der Waals surface area contributed by atoms with E-state index in [4.69, 9.17) is 4.74 Å². The second-order valence-electron chi connectivity index (χ2n) is 12.3. The van der Waals surface area contributed by atoms with Crippen LogP contribution in [0.5, 0.6) is 0 Å². The number of fused-ring (bicyclic) bond motifs is 2. The summed E-state index contributed by atoms with van der Waals surface area (Å²) in [6.07, 6.45) is 10.8. The minimum atomic E-state index is -0.893. The number of nitrogens with zero attached hydrogens (tertiary/aromatic N) is 2. The summed E-state index contributed by atoms with van der Waals surface area (Å²) in [5, 5.41) is 23.3. The molecule has 188 valence electrons. The summed E-state index contributed by atoms with van der Waals surface area (Å²) in [4.78, 5) is 6.55. The van der Waals surface area contributed by atoms with Crippen molar-refractivity contribution in [2.24, 2.45) is 17.3 Å². The first-order chi connectivity index (χ1) is 17.2. The van der Waals surface area contributed by atoms with E-state index < -0.39 is 17.8 Å². The molecule has 3 heterocycles. The highest BCUT2D eigenvalue weighted by Gasteiger charge is 2.68. The molecule has 2 fully saturated rings. The third-order valence-corrected chi connectivity index (χ3v) is 10.6. The van der Waals surface area contributed by atoms with Crippen LogP contribution in [0.3, 0.4) is 0 Å². The van der Waals surface area contributed by atoms with Crippen molar-refractivity contribution in [2.45, 2.75) is 69.0 Å². The second kappa shape index (κ2) is 7.38. The number of aliphatic hydroxyl groups excluding tert-OH is 2. The summed E-state index contributed by atoms with van der Waals surface area (Å²) in [5.74, 6) is 0.647. The van der Waals surface area contributed by atoms with E-state index in [2.05, 4.69) is 61.3 Å². The maximum Gasteiger partial charge on any atom is 0.105 e. The van der Waals surface area contributed by atoms with Crippen molar-refractivity contribution in [3.63, 3.8) is 0 Å². The first-order valence-corrected chi connectivity index (χ1v) is 13.4. The van der Waals surface area contributed by atoms with Crippen LogP contribution < -0.4 is 0 Å². The van der Waals surface area contributed by atoms with Gasteiger partial charge < -0.3 is 19.8 Å². The highest BCUT2D eigenvalue weighted by molar-refractivity contribution is 5.85. The summed E-state index contributed by atoms with van der Waals surface area (Å²) in [6, 6.07) is 10.7. The van der Waals surface area contributed by atoms with Crippen LogP contribution in [0.2, 0.25) is 0 Å². The number of allylic oxidation sites excluding steroid dienone is 3. The molecule has 5 heteroatoms. The van der Waals surface area contributed by atoms with Crippen molar-refractivity contribution >= 4 is 16.5 Å². The van der Waals surface area contributed by atoms with Crippen LogP contribution in [-0.2, 0) is 4.74 Å². The zero-order valence-electron chi connectivity index (χ0n) is 21.6. The van der Waals surface area contributed by atoms with Gasteiger partial charge in [0.2, 0.25) is 0 Å². The Balaban J connectivity index is 1.33. The average molecular weight is 485 g/mol. The SMILES string of the molecule is CC1C=C2C=C3C(O)C(O)C(N(C)C)CC34CCC2(O4)C2CC=C(c3ccc4ncccc4c3)C12C. The van der Waals surface area contributed by atoms with Gasteiger partial charge >= 0.3 is 0 Å². The Bertz CT molecular complexity index is 1360. The van der Waals surface area contributed by atoms with E-state index in [0.29, 0.717) is 11.8 Å². The monoisotopic (exact) mass is 484 g/mol. The van der Waals surface area contributed by atoms with E-state index in [1.54, 1.807) is 0 Å². The Morgan fingerprint density at radius 1 is 1.14 bits per heavy atom. The highest BCUT2D eigenvalue weighted by Crippen LogP contribution is 2.69. The van der Waals surface area contributed by atoms with Gasteiger partial charge in [-0.15, -0.1) is 0 Å². The molecule has 8 unspecified atom stereocenters. The number of benzene rings is 1. The van der Waals surface area contributed by atoms with Gasteiger partial charge in [-0.25, -0.2) is 0 Å². The van der Waals surface area contributed by atoms with Gasteiger partial charge in [-0.05, 0) is 86.2 Å². The smallest absolute Gasteiger partial charge is 0.105 e. The number of aliphatic hydroxyl groups is 2. The molecule has 1 aromatic carbocycles. The molecular formula is C31H36N2O3. The molecule has 1 saturated carbocycles. The van der Waals surface area contributed by atoms with Crippen LogP contribution in [0.4, 0.5) is 0 Å². The fourth-order valence-electron chi connectivity index (χ4n) is 8.50. The van der Waals surface area contributed by atoms with E-state index in [1.165, 1.54) is 22.1 Å². The number of rotatable bonds is 2. The first-order valence-electron chi connectivity index (χ1n) is 13.4. The van der Waals surface area contributed by atoms with E-state index >= 15 is 0 Å². The lowest BCUT2D eigenvalue weighted by atomic mass is 9.54. The maximum atomic E-state index is 11.2. The topological polar surface area (TPSA) is 65.8 Å². The molecule has 2 N–H and O–H groups in total. The minimum Gasteiger partial charge on any atom is -0.388 e. The number of pyridine rings is 1. The highest BCUT2D eigenvalue weighted by atomic mass is 16.5. The molecule has 1 aromatic heterocycles. The van der Waals surface area contributed by atoms with Gasteiger partial charge in [0.05, 0.1) is 22.8 Å². The molecule has 2 bridgehead atoms. The first kappa shape index (κ1) is 22.9. The zero-order valence-corrected chi connectivity index (χ0v) is 21.6. The van der Waals surface area contributed by atoms with Gasteiger partial charge in [-0.2, -0.15) is 0 Å². The zero-order chi connectivity index (χ0) is 25.0. The number of likely N-dealkylation sites (N-methyl/N-ethyl adjacent to an activating group) is 1. The molecule has 5 nitrogen and oxygen atoms in total. The van der Waals surface area contributed by atoms with E-state index in [0.717, 1.165) is 36.8 Å². The van der Waals surface area contributed by atoms with Crippen molar-refractivity contribution in [3.8, 4) is 0 Å². The fraction of sp³-hybridized carbons (Fsp3) is 0.516. The van der Waals surface area contributed by atoms with Crippen molar-refractivity contribution in [1.82, 2.24) is 9.88 Å². The molecule has 3 aliphatic carbocycles. The van der Waals surface area contributed by atoms with E-state index in [-0.39, 0.29) is 17.1 Å². The number of aromatic nitrogens is 1. The average Bonchev–Trinajstić information content (AvgIpc) is 3.39. The molecule has 2 spiro atoms. The number of ether oxygens (including phenoxy) is 1. The van der Waals surface area contributed by atoms with Gasteiger partial charge in [0, 0.05) is 29.0 Å². The molecule has 36 heavy (non-hydrogen) atoms. The summed E-state index contributed by atoms with van der Waals surface area (Å²) in [6.45, 7) is 4.77. The van der Waals surface area contributed by atoms with Gasteiger partial charge in [0.1, 0.15) is 6.10 Å². The second-order valence-corrected chi connectivity index (χ2v) is 12.3. The Morgan fingerprint density at radius 2 is 1.97 bits per heavy atom. The lowest BCUT2D eigenvalue weighted by molar-refractivity contribution is -0.165. The van der Waals surface area contributed by atoms with Crippen LogP contribution in [0.25, 0.3) is 16.5 Å². The molecule has 7 rings (SSSR count). The Morgan fingerprint density at radius 3 is 2.78 bits per heavy atom. The van der Waals surface area contributed by atoms with Crippen LogP contribution in [0.1, 0.15) is 45.1 Å². The van der Waals surface area contributed by atoms with Crippen molar-refractivity contribution < 1.29 is 14.9 Å². The van der Waals surface area contributed by atoms with E-state index in [1.807, 2.05) is 31.3 Å². The predicted molar refractivity (Wildman–Crippen MR) is 141 cm³/mol. The largest absolute Gasteiger partial charge is 0.388 e. The standard InChI is InChI=1S/C31H36N2O3/c1-18-14-21-16-23-27(34)28(35)25(33(3)4)17-30(23)11-12-31(21,36-30)26-10-8-22(29(18,26)2)19-7-9-24-20(15-19)6-5-13-32-24/h5-9,13-16,18,25-28,34-35H,10-12,17H2,1-4H3. The molecule has 5 aliphatic rings. The summed E-state index contributed by atoms with van der Waals surface area (Å²) in [5.41, 5.74) is 4.93. The Kier molecular flexibility index (Phi) is 4.69. The van der Waals surface area contributed by atoms with Gasteiger partial charge in [0.25, 0.3) is 0 Å². The lowest BCUT2D eigenvalue weighted by Crippen LogP contribution is -2.62. The number of hydrogen-bond acceptors (Lipinski definition) is 5. The Labute approximate surface area is 213 Å². The third kappa shape index (κ3) is 2.72. The molecule has 1 saturated heterocycles. The minimum absolute atomic E-state index is 0.0516. The molecule has 2 aromatic rings. The summed E-state index contributed by atoms with van der Waals surface area (Å²) >= 11 is 0. The van der Waals surface area contributed by atoms with Crippen LogP contribution >= 0.6 is 0 Å². The Hall–Kier alpha value is -2.31. The predicted octanol–water partition coefficient (Wildman–Crippen LogP) is 4.50. The molecule has 2 aliphatic heterocycles. The lowest BCUT2D eigenvalue weighted by Gasteiger charge is -2.57. The molecule has 8 atom stereocenters. The molecule has 0 amide bonds. The van der Waals surface area contributed by atoms with Gasteiger partial charge in [-0.3, -0.25) is 4.98 Å². The summed E-state index contributed by atoms with van der Waals surface area (Å²) in [7, 11) is 3.97. The normalized spacial score (nSPS) is 43.0. The molecular weight excluding hydrogens is 448 g/mol. The van der Waals surface area contributed by atoms with Crippen LogP contribution in [0, 0.1) is 17.3 Å². The van der Waals surface area contributed by atoms with E-state index in [9.17, 15) is 10.2 Å².